The highest BCUT2D eigenvalue weighted by atomic mass is 35.5. The lowest BCUT2D eigenvalue weighted by atomic mass is 10.3. The Morgan fingerprint density at radius 3 is 2.69 bits per heavy atom. The van der Waals surface area contributed by atoms with Crippen LogP contribution in [0.5, 0.6) is 0 Å². The third-order valence-corrected chi connectivity index (χ3v) is 6.38. The van der Waals surface area contributed by atoms with Gasteiger partial charge in [0.15, 0.2) is 5.96 Å². The van der Waals surface area contributed by atoms with Crippen LogP contribution in [0.4, 0.5) is 5.69 Å². The number of guanidine groups is 1. The first-order chi connectivity index (χ1) is 14.0. The minimum Gasteiger partial charge on any atom is -0.369 e. The maximum Gasteiger partial charge on any atom is 0.240 e. The van der Waals surface area contributed by atoms with Crippen LogP contribution in [-0.2, 0) is 10.0 Å². The summed E-state index contributed by atoms with van der Waals surface area (Å²) >= 11 is 5.87. The summed E-state index contributed by atoms with van der Waals surface area (Å²) in [5.41, 5.74) is 1.22. The maximum atomic E-state index is 12.3. The zero-order valence-corrected chi connectivity index (χ0v) is 17.9. The average molecular weight is 436 g/mol. The molecule has 7 nitrogen and oxygen atoms in total. The first kappa shape index (κ1) is 21.4. The van der Waals surface area contributed by atoms with E-state index in [9.17, 15) is 8.42 Å². The van der Waals surface area contributed by atoms with Crippen LogP contribution in [0.3, 0.4) is 0 Å². The van der Waals surface area contributed by atoms with Crippen molar-refractivity contribution in [1.29, 1.82) is 0 Å². The van der Waals surface area contributed by atoms with E-state index in [1.807, 2.05) is 18.2 Å². The zero-order chi connectivity index (χ0) is 20.7. The lowest BCUT2D eigenvalue weighted by Gasteiger charge is -2.20. The van der Waals surface area contributed by atoms with Crippen molar-refractivity contribution < 1.29 is 8.42 Å². The van der Waals surface area contributed by atoms with Gasteiger partial charge in [-0.15, -0.1) is 0 Å². The molecule has 1 atom stereocenters. The molecule has 9 heteroatoms. The lowest BCUT2D eigenvalue weighted by molar-refractivity contribution is 0.579. The Morgan fingerprint density at radius 1 is 1.17 bits per heavy atom. The van der Waals surface area contributed by atoms with Crippen LogP contribution in [0, 0.1) is 0 Å². The van der Waals surface area contributed by atoms with E-state index in [1.165, 1.54) is 17.8 Å². The van der Waals surface area contributed by atoms with Crippen LogP contribution in [0.1, 0.15) is 6.42 Å². The molecular weight excluding hydrogens is 410 g/mol. The molecule has 0 aliphatic carbocycles. The molecule has 0 amide bonds. The third-order valence-electron chi connectivity index (χ3n) is 4.69. The molecule has 156 valence electrons. The topological polar surface area (TPSA) is 85.8 Å². The van der Waals surface area contributed by atoms with Crippen molar-refractivity contribution in [2.75, 3.05) is 38.1 Å². The van der Waals surface area contributed by atoms with Gasteiger partial charge in [-0.05, 0) is 36.8 Å². The Balaban J connectivity index is 1.43. The number of anilines is 1. The summed E-state index contributed by atoms with van der Waals surface area (Å²) < 4.78 is 27.2. The predicted octanol–water partition coefficient (Wildman–Crippen LogP) is 2.06. The Labute approximate surface area is 177 Å². The first-order valence-corrected chi connectivity index (χ1v) is 11.4. The molecule has 0 aromatic heterocycles. The average Bonchev–Trinajstić information content (AvgIpc) is 3.19. The summed E-state index contributed by atoms with van der Waals surface area (Å²) in [6, 6.07) is 16.8. The summed E-state index contributed by atoms with van der Waals surface area (Å²) in [4.78, 5) is 6.72. The van der Waals surface area contributed by atoms with E-state index in [-0.39, 0.29) is 17.5 Å². The van der Waals surface area contributed by atoms with Gasteiger partial charge >= 0.3 is 0 Å². The molecule has 1 unspecified atom stereocenters. The number of hydrogen-bond donors (Lipinski definition) is 3. The molecule has 2 aromatic rings. The fourth-order valence-electron chi connectivity index (χ4n) is 3.22. The first-order valence-electron chi connectivity index (χ1n) is 9.50. The molecule has 29 heavy (non-hydrogen) atoms. The molecule has 3 rings (SSSR count). The van der Waals surface area contributed by atoms with Crippen molar-refractivity contribution in [3.8, 4) is 0 Å². The number of para-hydroxylation sites is 1. The van der Waals surface area contributed by atoms with Crippen LogP contribution in [0.2, 0.25) is 5.02 Å². The number of benzene rings is 2. The van der Waals surface area contributed by atoms with Gasteiger partial charge in [-0.3, -0.25) is 4.99 Å². The van der Waals surface area contributed by atoms with Gasteiger partial charge in [-0.25, -0.2) is 13.1 Å². The van der Waals surface area contributed by atoms with Crippen molar-refractivity contribution >= 4 is 33.3 Å². The minimum absolute atomic E-state index is 0.152. The normalized spacial score (nSPS) is 17.4. The number of hydrogen-bond acceptors (Lipinski definition) is 4. The molecule has 1 aliphatic rings. The van der Waals surface area contributed by atoms with Crippen LogP contribution >= 0.6 is 11.6 Å². The summed E-state index contributed by atoms with van der Waals surface area (Å²) in [5.74, 6) is 0.659. The molecule has 3 N–H and O–H groups in total. The molecule has 1 aliphatic heterocycles. The van der Waals surface area contributed by atoms with Gasteiger partial charge < -0.3 is 15.5 Å². The van der Waals surface area contributed by atoms with Crippen LogP contribution < -0.4 is 20.3 Å². The number of aliphatic imine (C=N–C) groups is 1. The molecule has 1 fully saturated rings. The Kier molecular flexibility index (Phi) is 7.35. The second-order valence-corrected chi connectivity index (χ2v) is 8.97. The van der Waals surface area contributed by atoms with E-state index < -0.39 is 10.0 Å². The van der Waals surface area contributed by atoms with Crippen LogP contribution in [0.25, 0.3) is 0 Å². The largest absolute Gasteiger partial charge is 0.369 e. The number of nitrogens with zero attached hydrogens (tertiary/aromatic N) is 2. The molecule has 0 bridgehead atoms. The Bertz CT molecular complexity index is 937. The monoisotopic (exact) mass is 435 g/mol. The number of halogens is 1. The highest BCUT2D eigenvalue weighted by Gasteiger charge is 2.23. The van der Waals surface area contributed by atoms with Gasteiger partial charge in [0.1, 0.15) is 0 Å². The fourth-order valence-corrected chi connectivity index (χ4v) is 4.56. The predicted molar refractivity (Wildman–Crippen MR) is 118 cm³/mol. The van der Waals surface area contributed by atoms with Gasteiger partial charge in [0, 0.05) is 50.0 Å². The number of rotatable bonds is 7. The van der Waals surface area contributed by atoms with E-state index in [0.29, 0.717) is 17.5 Å². The van der Waals surface area contributed by atoms with Crippen molar-refractivity contribution in [3.63, 3.8) is 0 Å². The van der Waals surface area contributed by atoms with Crippen molar-refractivity contribution in [2.45, 2.75) is 17.4 Å². The van der Waals surface area contributed by atoms with Crippen molar-refractivity contribution in [2.24, 2.45) is 4.99 Å². The lowest BCUT2D eigenvalue weighted by Crippen LogP contribution is -2.46. The van der Waals surface area contributed by atoms with Gasteiger partial charge in [-0.1, -0.05) is 35.9 Å². The molecule has 0 saturated carbocycles. The van der Waals surface area contributed by atoms with Crippen LogP contribution in [0.15, 0.2) is 64.5 Å². The van der Waals surface area contributed by atoms with Gasteiger partial charge in [0.25, 0.3) is 0 Å². The summed E-state index contributed by atoms with van der Waals surface area (Å²) in [6.07, 6.45) is 1.01. The third kappa shape index (κ3) is 6.09. The van der Waals surface area contributed by atoms with E-state index in [1.54, 1.807) is 19.2 Å². The quantitative estimate of drug-likeness (QED) is 0.352. The second kappa shape index (κ2) is 9.96. The molecule has 1 saturated heterocycles. The summed E-state index contributed by atoms with van der Waals surface area (Å²) in [7, 11) is -1.89. The minimum atomic E-state index is -3.59. The van der Waals surface area contributed by atoms with E-state index in [4.69, 9.17) is 11.6 Å². The molecule has 2 aromatic carbocycles. The SMILES string of the molecule is CN=C(NCCNS(=O)(=O)c1cccc(Cl)c1)NC1CCN(c2ccccc2)C1. The summed E-state index contributed by atoms with van der Waals surface area (Å²) in [5, 5.41) is 6.94. The smallest absolute Gasteiger partial charge is 0.240 e. The molecule has 1 heterocycles. The fraction of sp³-hybridized carbons (Fsp3) is 0.350. The molecule has 0 spiro atoms. The molecule has 0 radical (unpaired) electrons. The second-order valence-electron chi connectivity index (χ2n) is 6.77. The van der Waals surface area contributed by atoms with E-state index >= 15 is 0 Å². The Hall–Kier alpha value is -2.29. The van der Waals surface area contributed by atoms with Crippen molar-refractivity contribution in [1.82, 2.24) is 15.4 Å². The van der Waals surface area contributed by atoms with E-state index in [0.717, 1.165) is 19.5 Å². The summed E-state index contributed by atoms with van der Waals surface area (Å²) in [6.45, 7) is 2.52. The highest BCUT2D eigenvalue weighted by Crippen LogP contribution is 2.19. The number of sulfonamides is 1. The highest BCUT2D eigenvalue weighted by molar-refractivity contribution is 7.89. The van der Waals surface area contributed by atoms with Gasteiger partial charge in [0.2, 0.25) is 10.0 Å². The Morgan fingerprint density at radius 2 is 1.97 bits per heavy atom. The van der Waals surface area contributed by atoms with Gasteiger partial charge in [-0.2, -0.15) is 0 Å². The number of nitrogens with one attached hydrogen (secondary N) is 3. The standard InChI is InChI=1S/C20H26ClN5O2S/c1-22-20(25-17-10-13-26(15-17)18-7-3-2-4-8-18)23-11-12-24-29(27,28)19-9-5-6-16(21)14-19/h2-9,14,17,24H,10-13,15H2,1H3,(H2,22,23,25). The van der Waals surface area contributed by atoms with Crippen LogP contribution in [-0.4, -0.2) is 53.6 Å². The zero-order valence-electron chi connectivity index (χ0n) is 16.3. The van der Waals surface area contributed by atoms with Gasteiger partial charge in [0.05, 0.1) is 4.90 Å². The molecular formula is C20H26ClN5O2S. The van der Waals surface area contributed by atoms with E-state index in [2.05, 4.69) is 37.4 Å². The van der Waals surface area contributed by atoms with Crippen molar-refractivity contribution in [3.05, 3.63) is 59.6 Å². The maximum absolute atomic E-state index is 12.3.